The van der Waals surface area contributed by atoms with Gasteiger partial charge < -0.3 is 14.5 Å². The molecule has 1 aromatic heterocycles. The topological polar surface area (TPSA) is 51.5 Å². The number of amides is 1. The van der Waals surface area contributed by atoms with Crippen LogP contribution in [-0.4, -0.2) is 13.0 Å². The first kappa shape index (κ1) is 16.4. The molecule has 6 heteroatoms. The lowest BCUT2D eigenvalue weighted by Gasteiger charge is -2.05. The largest absolute Gasteiger partial charge is 0.497 e. The Labute approximate surface area is 149 Å². The lowest BCUT2D eigenvalue weighted by atomic mass is 10.2. The van der Waals surface area contributed by atoms with Crippen LogP contribution in [0, 0.1) is 0 Å². The fourth-order valence-corrected chi connectivity index (χ4v) is 2.59. The second-order valence-electron chi connectivity index (χ2n) is 4.95. The molecule has 3 aromatic rings. The summed E-state index contributed by atoms with van der Waals surface area (Å²) in [5, 5.41) is 3.56. The van der Waals surface area contributed by atoms with Gasteiger partial charge in [0, 0.05) is 17.3 Å². The maximum absolute atomic E-state index is 12.3. The highest BCUT2D eigenvalue weighted by Gasteiger charge is 2.15. The zero-order valence-corrected chi connectivity index (χ0v) is 14.2. The van der Waals surface area contributed by atoms with Crippen molar-refractivity contribution in [2.45, 2.75) is 0 Å². The third kappa shape index (κ3) is 3.40. The van der Waals surface area contributed by atoms with E-state index in [2.05, 4.69) is 5.32 Å². The lowest BCUT2D eigenvalue weighted by molar-refractivity contribution is 0.0997. The molecule has 1 amide bonds. The lowest BCUT2D eigenvalue weighted by Crippen LogP contribution is -2.10. The molecule has 2 aromatic carbocycles. The van der Waals surface area contributed by atoms with E-state index in [0.29, 0.717) is 32.8 Å². The number of carbonyl (C=O) groups excluding carboxylic acids is 1. The van der Waals surface area contributed by atoms with Crippen molar-refractivity contribution in [3.8, 4) is 17.1 Å². The summed E-state index contributed by atoms with van der Waals surface area (Å²) in [6.45, 7) is 0. The maximum atomic E-state index is 12.3. The number of benzene rings is 2. The Morgan fingerprint density at radius 3 is 2.67 bits per heavy atom. The summed E-state index contributed by atoms with van der Waals surface area (Å²) in [5.74, 6) is 0.924. The highest BCUT2D eigenvalue weighted by molar-refractivity contribution is 6.43. The second kappa shape index (κ2) is 6.99. The number of methoxy groups -OCH3 is 1. The molecule has 0 saturated heterocycles. The summed E-state index contributed by atoms with van der Waals surface area (Å²) in [5.41, 5.74) is 1.24. The van der Waals surface area contributed by atoms with E-state index < -0.39 is 0 Å². The predicted molar refractivity (Wildman–Crippen MR) is 95.1 cm³/mol. The number of furan rings is 1. The van der Waals surface area contributed by atoms with Crippen LogP contribution in [0.25, 0.3) is 11.3 Å². The number of hydrogen-bond acceptors (Lipinski definition) is 3. The first-order valence-corrected chi connectivity index (χ1v) is 7.83. The third-order valence-electron chi connectivity index (χ3n) is 3.37. The molecule has 0 unspecified atom stereocenters. The molecule has 0 atom stereocenters. The van der Waals surface area contributed by atoms with Crippen molar-refractivity contribution in [3.63, 3.8) is 0 Å². The SMILES string of the molecule is COc1cccc(NC(=O)c2ccc(-c3cccc(Cl)c3Cl)o2)c1. The van der Waals surface area contributed by atoms with Crippen LogP contribution >= 0.6 is 23.2 Å². The Morgan fingerprint density at radius 1 is 1.08 bits per heavy atom. The molecule has 0 aliphatic rings. The molecule has 24 heavy (non-hydrogen) atoms. The minimum atomic E-state index is -0.368. The molecule has 0 radical (unpaired) electrons. The second-order valence-corrected chi connectivity index (χ2v) is 5.74. The van der Waals surface area contributed by atoms with E-state index in [1.165, 1.54) is 0 Å². The van der Waals surface area contributed by atoms with Gasteiger partial charge in [-0.2, -0.15) is 0 Å². The molecule has 3 rings (SSSR count). The third-order valence-corrected chi connectivity index (χ3v) is 4.19. The maximum Gasteiger partial charge on any atom is 0.291 e. The van der Waals surface area contributed by atoms with E-state index in [1.54, 1.807) is 61.7 Å². The molecule has 1 N–H and O–H groups in total. The quantitative estimate of drug-likeness (QED) is 0.665. The molecular formula is C18H13Cl2NO3. The number of rotatable bonds is 4. The first-order valence-electron chi connectivity index (χ1n) is 7.08. The van der Waals surface area contributed by atoms with Crippen molar-refractivity contribution in [3.05, 3.63) is 70.4 Å². The fraction of sp³-hybridized carbons (Fsp3) is 0.0556. The van der Waals surface area contributed by atoms with Crippen molar-refractivity contribution in [2.24, 2.45) is 0 Å². The smallest absolute Gasteiger partial charge is 0.291 e. The molecule has 0 aliphatic heterocycles. The van der Waals surface area contributed by atoms with Crippen LogP contribution in [0.15, 0.2) is 59.0 Å². The number of ether oxygens (including phenoxy) is 1. The van der Waals surface area contributed by atoms with Crippen LogP contribution in [0.5, 0.6) is 5.75 Å². The Balaban J connectivity index is 1.82. The van der Waals surface area contributed by atoms with Crippen LogP contribution in [0.3, 0.4) is 0 Å². The van der Waals surface area contributed by atoms with Crippen LogP contribution in [0.2, 0.25) is 10.0 Å². The molecule has 0 bridgehead atoms. The summed E-state index contributed by atoms with van der Waals surface area (Å²) in [6, 6.07) is 15.6. The zero-order chi connectivity index (χ0) is 17.1. The zero-order valence-electron chi connectivity index (χ0n) is 12.7. The van der Waals surface area contributed by atoms with Gasteiger partial charge in [0.2, 0.25) is 0 Å². The van der Waals surface area contributed by atoms with E-state index in [0.717, 1.165) is 0 Å². The summed E-state index contributed by atoms with van der Waals surface area (Å²) in [7, 11) is 1.56. The molecule has 4 nitrogen and oxygen atoms in total. The minimum Gasteiger partial charge on any atom is -0.497 e. The highest BCUT2D eigenvalue weighted by Crippen LogP contribution is 2.34. The van der Waals surface area contributed by atoms with Crippen LogP contribution in [-0.2, 0) is 0 Å². The normalized spacial score (nSPS) is 10.5. The van der Waals surface area contributed by atoms with Gasteiger partial charge in [0.05, 0.1) is 17.2 Å². The van der Waals surface area contributed by atoms with E-state index in [1.807, 2.05) is 0 Å². The summed E-state index contributed by atoms with van der Waals surface area (Å²) < 4.78 is 10.7. The van der Waals surface area contributed by atoms with E-state index >= 15 is 0 Å². The van der Waals surface area contributed by atoms with Gasteiger partial charge in [-0.3, -0.25) is 4.79 Å². The Morgan fingerprint density at radius 2 is 1.88 bits per heavy atom. The van der Waals surface area contributed by atoms with Crippen LogP contribution in [0.1, 0.15) is 10.6 Å². The average Bonchev–Trinajstić information content (AvgIpc) is 3.07. The summed E-state index contributed by atoms with van der Waals surface area (Å²) in [4.78, 5) is 12.3. The van der Waals surface area contributed by atoms with E-state index in [4.69, 9.17) is 32.4 Å². The van der Waals surface area contributed by atoms with E-state index in [-0.39, 0.29) is 11.7 Å². The van der Waals surface area contributed by atoms with Crippen molar-refractivity contribution < 1.29 is 13.9 Å². The summed E-state index contributed by atoms with van der Waals surface area (Å²) in [6.07, 6.45) is 0. The van der Waals surface area contributed by atoms with Gasteiger partial charge in [0.1, 0.15) is 11.5 Å². The number of halogens is 2. The number of carbonyl (C=O) groups is 1. The Kier molecular flexibility index (Phi) is 4.79. The van der Waals surface area contributed by atoms with Gasteiger partial charge in [-0.25, -0.2) is 0 Å². The molecule has 0 spiro atoms. The number of nitrogens with one attached hydrogen (secondary N) is 1. The van der Waals surface area contributed by atoms with Gasteiger partial charge in [0.15, 0.2) is 5.76 Å². The van der Waals surface area contributed by atoms with Crippen LogP contribution in [0.4, 0.5) is 5.69 Å². The number of hydrogen-bond donors (Lipinski definition) is 1. The fourth-order valence-electron chi connectivity index (χ4n) is 2.19. The van der Waals surface area contributed by atoms with Crippen molar-refractivity contribution in [2.75, 3.05) is 12.4 Å². The minimum absolute atomic E-state index is 0.170. The molecule has 122 valence electrons. The average molecular weight is 362 g/mol. The monoisotopic (exact) mass is 361 g/mol. The Hall–Kier alpha value is -2.43. The molecular weight excluding hydrogens is 349 g/mol. The highest BCUT2D eigenvalue weighted by atomic mass is 35.5. The number of anilines is 1. The predicted octanol–water partition coefficient (Wildman–Crippen LogP) is 5.51. The van der Waals surface area contributed by atoms with Crippen LogP contribution < -0.4 is 10.1 Å². The molecule has 1 heterocycles. The van der Waals surface area contributed by atoms with Gasteiger partial charge in [-0.05, 0) is 36.4 Å². The molecule has 0 fully saturated rings. The van der Waals surface area contributed by atoms with E-state index in [9.17, 15) is 4.79 Å². The summed E-state index contributed by atoms with van der Waals surface area (Å²) >= 11 is 12.2. The van der Waals surface area contributed by atoms with Crippen molar-refractivity contribution in [1.29, 1.82) is 0 Å². The molecule has 0 aliphatic carbocycles. The van der Waals surface area contributed by atoms with Gasteiger partial charge >= 0.3 is 0 Å². The van der Waals surface area contributed by atoms with Crippen molar-refractivity contribution >= 4 is 34.8 Å². The van der Waals surface area contributed by atoms with Gasteiger partial charge in [-0.1, -0.05) is 35.3 Å². The van der Waals surface area contributed by atoms with Gasteiger partial charge in [-0.15, -0.1) is 0 Å². The van der Waals surface area contributed by atoms with Gasteiger partial charge in [0.25, 0.3) is 5.91 Å². The Bertz CT molecular complexity index is 889. The van der Waals surface area contributed by atoms with Crippen molar-refractivity contribution in [1.82, 2.24) is 0 Å². The standard InChI is InChI=1S/C18H13Cl2NO3/c1-23-12-5-2-4-11(10-12)21-18(22)16-9-8-15(24-16)13-6-3-7-14(19)17(13)20/h2-10H,1H3,(H,21,22). The first-order chi connectivity index (χ1) is 11.6. The molecule has 0 saturated carbocycles.